The van der Waals surface area contributed by atoms with Crippen LogP contribution in [0.1, 0.15) is 18.9 Å². The van der Waals surface area contributed by atoms with Crippen LogP contribution in [0.5, 0.6) is 0 Å². The summed E-state index contributed by atoms with van der Waals surface area (Å²) < 4.78 is 38.1. The van der Waals surface area contributed by atoms with Crippen LogP contribution in [0.25, 0.3) is 0 Å². The third-order valence-corrected chi connectivity index (χ3v) is 5.27. The maximum absolute atomic E-state index is 13.6. The van der Waals surface area contributed by atoms with Gasteiger partial charge < -0.3 is 10.6 Å². The summed E-state index contributed by atoms with van der Waals surface area (Å²) in [6.07, 6.45) is -0.247. The van der Waals surface area contributed by atoms with E-state index < -0.39 is 27.5 Å². The van der Waals surface area contributed by atoms with Crippen molar-refractivity contribution < 1.29 is 22.4 Å². The number of rotatable bonds is 6. The lowest BCUT2D eigenvalue weighted by Gasteiger charge is -2.09. The average Bonchev–Trinajstić information content (AvgIpc) is 2.56. The molecule has 2 amide bonds. The first kappa shape index (κ1) is 19.6. The smallest absolute Gasteiger partial charge is 0.225 e. The molecule has 0 spiro atoms. The normalized spacial score (nSPS) is 11.0. The van der Waals surface area contributed by atoms with Gasteiger partial charge in [0.2, 0.25) is 11.8 Å². The van der Waals surface area contributed by atoms with E-state index in [1.165, 1.54) is 31.2 Å². The first-order valence-corrected chi connectivity index (χ1v) is 9.49. The molecule has 0 fully saturated rings. The molecule has 8 heteroatoms. The Morgan fingerprint density at radius 3 is 2.31 bits per heavy atom. The molecule has 0 aliphatic rings. The molecular formula is C18H19FN2O4S. The zero-order chi connectivity index (χ0) is 19.3. The Balaban J connectivity index is 2.00. The first-order valence-electron chi connectivity index (χ1n) is 7.84. The van der Waals surface area contributed by atoms with Gasteiger partial charge in [-0.05, 0) is 37.3 Å². The Kier molecular flexibility index (Phi) is 6.10. The molecule has 0 aliphatic carbocycles. The van der Waals surface area contributed by atoms with E-state index in [4.69, 9.17) is 0 Å². The van der Waals surface area contributed by atoms with Crippen LogP contribution in [0.4, 0.5) is 15.8 Å². The molecule has 6 nitrogen and oxygen atoms in total. The molecule has 0 saturated carbocycles. The zero-order valence-corrected chi connectivity index (χ0v) is 15.2. The minimum atomic E-state index is -3.57. The first-order chi connectivity index (χ1) is 12.2. The lowest BCUT2D eigenvalue weighted by atomic mass is 10.2. The Bertz CT molecular complexity index is 925. The van der Waals surface area contributed by atoms with E-state index in [0.717, 1.165) is 11.6 Å². The number of sulfone groups is 1. The monoisotopic (exact) mass is 378 g/mol. The van der Waals surface area contributed by atoms with Crippen molar-refractivity contribution in [2.45, 2.75) is 25.2 Å². The Morgan fingerprint density at radius 2 is 1.69 bits per heavy atom. The molecule has 26 heavy (non-hydrogen) atoms. The lowest BCUT2D eigenvalue weighted by Crippen LogP contribution is -2.18. The maximum atomic E-state index is 13.6. The van der Waals surface area contributed by atoms with Crippen molar-refractivity contribution in [2.24, 2.45) is 0 Å². The van der Waals surface area contributed by atoms with E-state index in [9.17, 15) is 22.4 Å². The summed E-state index contributed by atoms with van der Waals surface area (Å²) in [5.41, 5.74) is 1.13. The largest absolute Gasteiger partial charge is 0.326 e. The number of carbonyl (C=O) groups excluding carboxylic acids is 2. The number of nitrogens with one attached hydrogen (secondary N) is 2. The van der Waals surface area contributed by atoms with Crippen LogP contribution in [0, 0.1) is 12.7 Å². The van der Waals surface area contributed by atoms with Crippen molar-refractivity contribution in [3.8, 4) is 0 Å². The molecule has 0 atom stereocenters. The van der Waals surface area contributed by atoms with Gasteiger partial charge in [0.1, 0.15) is 5.82 Å². The van der Waals surface area contributed by atoms with Crippen LogP contribution in [0.15, 0.2) is 47.4 Å². The van der Waals surface area contributed by atoms with Crippen LogP contribution >= 0.6 is 0 Å². The molecular weight excluding hydrogens is 359 g/mol. The fourth-order valence-electron chi connectivity index (χ4n) is 2.20. The molecule has 0 aromatic heterocycles. The molecule has 2 rings (SSSR count). The third-order valence-electron chi connectivity index (χ3n) is 3.54. The highest BCUT2D eigenvalue weighted by atomic mass is 32.2. The predicted octanol–water partition coefficient (Wildman–Crippen LogP) is 2.90. The third kappa shape index (κ3) is 5.38. The quantitative estimate of drug-likeness (QED) is 0.808. The van der Waals surface area contributed by atoms with Gasteiger partial charge in [-0.25, -0.2) is 12.8 Å². The van der Waals surface area contributed by atoms with E-state index in [-0.39, 0.29) is 28.4 Å². The minimum Gasteiger partial charge on any atom is -0.326 e. The Labute approximate surface area is 151 Å². The second kappa shape index (κ2) is 8.09. The maximum Gasteiger partial charge on any atom is 0.225 e. The van der Waals surface area contributed by atoms with E-state index in [2.05, 4.69) is 10.6 Å². The van der Waals surface area contributed by atoms with Gasteiger partial charge in [-0.15, -0.1) is 0 Å². The summed E-state index contributed by atoms with van der Waals surface area (Å²) in [4.78, 5) is 23.2. The Hall–Kier alpha value is -2.74. The van der Waals surface area contributed by atoms with Crippen LogP contribution in [-0.4, -0.2) is 26.0 Å². The molecule has 0 radical (unpaired) electrons. The highest BCUT2D eigenvalue weighted by Gasteiger charge is 2.16. The van der Waals surface area contributed by atoms with Gasteiger partial charge in [-0.2, -0.15) is 0 Å². The number of aryl methyl sites for hydroxylation is 1. The molecule has 0 aliphatic heterocycles. The van der Waals surface area contributed by atoms with Crippen LogP contribution in [0.3, 0.4) is 0 Å². The van der Waals surface area contributed by atoms with Crippen LogP contribution in [-0.2, 0) is 19.4 Å². The minimum absolute atomic E-state index is 0.0671. The lowest BCUT2D eigenvalue weighted by molar-refractivity contribution is -0.116. The van der Waals surface area contributed by atoms with Crippen LogP contribution < -0.4 is 10.6 Å². The summed E-state index contributed by atoms with van der Waals surface area (Å²) in [5, 5.41) is 4.80. The number of benzene rings is 2. The van der Waals surface area contributed by atoms with Crippen molar-refractivity contribution in [3.05, 3.63) is 53.8 Å². The average molecular weight is 378 g/mol. The van der Waals surface area contributed by atoms with Gasteiger partial charge in [0.25, 0.3) is 0 Å². The van der Waals surface area contributed by atoms with Crippen molar-refractivity contribution >= 4 is 33.0 Å². The summed E-state index contributed by atoms with van der Waals surface area (Å²) in [6, 6.07) is 10.1. The molecule has 0 bridgehead atoms. The number of carbonyl (C=O) groups is 2. The standard InChI is InChI=1S/C18H19FN2O4S/c1-12-3-6-15(7-4-12)26(24,25)10-9-18(23)21-14-5-8-16(19)17(11-14)20-13(2)22/h3-8,11H,9-10H2,1-2H3,(H,20,22)(H,21,23). The molecule has 0 unspecified atom stereocenters. The SMILES string of the molecule is CC(=O)Nc1cc(NC(=O)CCS(=O)(=O)c2ccc(C)cc2)ccc1F. The second-order valence-electron chi connectivity index (χ2n) is 5.81. The van der Waals surface area contributed by atoms with Gasteiger partial charge in [0, 0.05) is 19.0 Å². The molecule has 2 aromatic carbocycles. The highest BCUT2D eigenvalue weighted by molar-refractivity contribution is 7.91. The van der Waals surface area contributed by atoms with Crippen molar-refractivity contribution in [2.75, 3.05) is 16.4 Å². The van der Waals surface area contributed by atoms with Crippen molar-refractivity contribution in [3.63, 3.8) is 0 Å². The fraction of sp³-hybridized carbons (Fsp3) is 0.222. The number of hydrogen-bond donors (Lipinski definition) is 2. The van der Waals surface area contributed by atoms with Gasteiger partial charge >= 0.3 is 0 Å². The topological polar surface area (TPSA) is 92.3 Å². The number of anilines is 2. The summed E-state index contributed by atoms with van der Waals surface area (Å²) >= 11 is 0. The fourth-order valence-corrected chi connectivity index (χ4v) is 3.44. The van der Waals surface area contributed by atoms with Gasteiger partial charge in [-0.3, -0.25) is 9.59 Å². The number of hydrogen-bond acceptors (Lipinski definition) is 4. The van der Waals surface area contributed by atoms with E-state index in [1.807, 2.05) is 6.92 Å². The van der Waals surface area contributed by atoms with Crippen molar-refractivity contribution in [1.82, 2.24) is 0 Å². The molecule has 0 heterocycles. The Morgan fingerprint density at radius 1 is 1.04 bits per heavy atom. The van der Waals surface area contributed by atoms with E-state index in [0.29, 0.717) is 0 Å². The number of halogens is 1. The highest BCUT2D eigenvalue weighted by Crippen LogP contribution is 2.20. The second-order valence-corrected chi connectivity index (χ2v) is 7.92. The van der Waals surface area contributed by atoms with Crippen LogP contribution in [0.2, 0.25) is 0 Å². The molecule has 138 valence electrons. The number of amides is 2. The van der Waals surface area contributed by atoms with E-state index in [1.54, 1.807) is 12.1 Å². The molecule has 2 N–H and O–H groups in total. The van der Waals surface area contributed by atoms with Gasteiger partial charge in [0.15, 0.2) is 9.84 Å². The summed E-state index contributed by atoms with van der Waals surface area (Å²) in [5.74, 6) is -1.96. The predicted molar refractivity (Wildman–Crippen MR) is 97.2 cm³/mol. The molecule has 0 saturated heterocycles. The van der Waals surface area contributed by atoms with Crippen molar-refractivity contribution in [1.29, 1.82) is 0 Å². The zero-order valence-electron chi connectivity index (χ0n) is 14.4. The van der Waals surface area contributed by atoms with Gasteiger partial charge in [-0.1, -0.05) is 17.7 Å². The summed E-state index contributed by atoms with van der Waals surface area (Å²) in [6.45, 7) is 3.09. The van der Waals surface area contributed by atoms with Gasteiger partial charge in [0.05, 0.1) is 16.3 Å². The van der Waals surface area contributed by atoms with E-state index >= 15 is 0 Å². The summed E-state index contributed by atoms with van der Waals surface area (Å²) in [7, 11) is -3.57. The molecule has 2 aromatic rings.